The van der Waals surface area contributed by atoms with Gasteiger partial charge in [0.1, 0.15) is 23.9 Å². The van der Waals surface area contributed by atoms with Crippen molar-refractivity contribution in [1.82, 2.24) is 4.98 Å². The largest absolute Gasteiger partial charge is 0.494 e. The second-order valence-corrected chi connectivity index (χ2v) is 4.76. The highest BCUT2D eigenvalue weighted by Crippen LogP contribution is 2.30. The van der Waals surface area contributed by atoms with Gasteiger partial charge in [0.2, 0.25) is 0 Å². The van der Waals surface area contributed by atoms with Crippen molar-refractivity contribution >= 4 is 17.8 Å². The van der Waals surface area contributed by atoms with E-state index in [1.54, 1.807) is 18.3 Å². The number of carbonyl (C=O) groups is 1. The quantitative estimate of drug-likeness (QED) is 0.942. The molecule has 2 aromatic rings. The topological polar surface area (TPSA) is 60.5 Å². The maximum absolute atomic E-state index is 12.3. The molecule has 3 rings (SSSR count). The van der Waals surface area contributed by atoms with E-state index in [1.165, 1.54) is 0 Å². The molecule has 0 aliphatic carbocycles. The fraction of sp³-hybridized carbons (Fsp3) is 0.176. The van der Waals surface area contributed by atoms with Gasteiger partial charge in [-0.3, -0.25) is 4.79 Å². The van der Waals surface area contributed by atoms with Crippen LogP contribution >= 0.6 is 0 Å². The number of rotatable bonds is 4. The van der Waals surface area contributed by atoms with Crippen LogP contribution in [-0.4, -0.2) is 24.1 Å². The van der Waals surface area contributed by atoms with Crippen molar-refractivity contribution in [2.75, 3.05) is 18.5 Å². The molecule has 0 bridgehead atoms. The normalized spacial score (nSPS) is 12.7. The van der Waals surface area contributed by atoms with E-state index in [4.69, 9.17) is 9.47 Å². The zero-order valence-corrected chi connectivity index (χ0v) is 12.2. The molecule has 0 saturated carbocycles. The van der Waals surface area contributed by atoms with Gasteiger partial charge in [-0.25, -0.2) is 4.98 Å². The molecular weight excluding hydrogens is 280 g/mol. The minimum atomic E-state index is -0.217. The van der Waals surface area contributed by atoms with Gasteiger partial charge in [0, 0.05) is 11.8 Å². The van der Waals surface area contributed by atoms with Crippen LogP contribution in [0.25, 0.3) is 6.08 Å². The van der Waals surface area contributed by atoms with Crippen LogP contribution < -0.4 is 14.8 Å². The molecule has 1 amide bonds. The number of fused-ring (bicyclic) bond motifs is 1. The summed E-state index contributed by atoms with van der Waals surface area (Å²) < 4.78 is 11.1. The van der Waals surface area contributed by atoms with Crippen LogP contribution in [0.3, 0.4) is 0 Å². The molecule has 112 valence electrons. The number of anilines is 1. The molecule has 1 N–H and O–H groups in total. The number of hydrogen-bond donors (Lipinski definition) is 1. The predicted octanol–water partition coefficient (Wildman–Crippen LogP) is 2.89. The summed E-state index contributed by atoms with van der Waals surface area (Å²) in [6.45, 7) is 2.76. The molecule has 0 spiro atoms. The average Bonchev–Trinajstić information content (AvgIpc) is 2.55. The molecule has 0 unspecified atom stereocenters. The van der Waals surface area contributed by atoms with Crippen LogP contribution in [-0.2, 0) is 4.79 Å². The van der Waals surface area contributed by atoms with Crippen LogP contribution in [0, 0.1) is 0 Å². The summed E-state index contributed by atoms with van der Waals surface area (Å²) in [6.07, 6.45) is 3.45. The molecule has 22 heavy (non-hydrogen) atoms. The monoisotopic (exact) mass is 296 g/mol. The number of nitrogens with zero attached hydrogens (tertiary/aromatic N) is 1. The molecule has 0 fully saturated rings. The highest BCUT2D eigenvalue weighted by molar-refractivity contribution is 6.07. The van der Waals surface area contributed by atoms with Gasteiger partial charge in [0.05, 0.1) is 12.2 Å². The first-order valence-electron chi connectivity index (χ1n) is 7.09. The lowest BCUT2D eigenvalue weighted by molar-refractivity contribution is -0.113. The first kappa shape index (κ1) is 14.1. The first-order valence-corrected chi connectivity index (χ1v) is 7.09. The fourth-order valence-corrected chi connectivity index (χ4v) is 2.18. The highest BCUT2D eigenvalue weighted by atomic mass is 16.5. The van der Waals surface area contributed by atoms with Gasteiger partial charge >= 0.3 is 0 Å². The Morgan fingerprint density at radius 1 is 1.36 bits per heavy atom. The SMILES string of the molecule is CCOc1ccc2c(c1)C=C(C(=O)Nc1ccccn1)CO2. The summed E-state index contributed by atoms with van der Waals surface area (Å²) in [5.74, 6) is 1.80. The van der Waals surface area contributed by atoms with E-state index in [-0.39, 0.29) is 12.5 Å². The summed E-state index contributed by atoms with van der Waals surface area (Å²) in [5, 5.41) is 2.75. The third-order valence-electron chi connectivity index (χ3n) is 3.20. The molecule has 1 aliphatic rings. The van der Waals surface area contributed by atoms with Crippen molar-refractivity contribution in [2.24, 2.45) is 0 Å². The van der Waals surface area contributed by atoms with Gasteiger partial charge in [-0.2, -0.15) is 0 Å². The fourth-order valence-electron chi connectivity index (χ4n) is 2.18. The Kier molecular flexibility index (Phi) is 4.05. The van der Waals surface area contributed by atoms with Crippen molar-refractivity contribution in [1.29, 1.82) is 0 Å². The Morgan fingerprint density at radius 3 is 3.05 bits per heavy atom. The van der Waals surface area contributed by atoms with Crippen LogP contribution in [0.1, 0.15) is 12.5 Å². The molecular formula is C17H16N2O3. The third kappa shape index (κ3) is 3.09. The van der Waals surface area contributed by atoms with Crippen molar-refractivity contribution < 1.29 is 14.3 Å². The average molecular weight is 296 g/mol. The number of amides is 1. The van der Waals surface area contributed by atoms with Crippen LogP contribution in [0.2, 0.25) is 0 Å². The van der Waals surface area contributed by atoms with Gasteiger partial charge in [-0.1, -0.05) is 6.07 Å². The smallest absolute Gasteiger partial charge is 0.256 e. The zero-order valence-electron chi connectivity index (χ0n) is 12.2. The van der Waals surface area contributed by atoms with E-state index in [2.05, 4.69) is 10.3 Å². The van der Waals surface area contributed by atoms with Crippen LogP contribution in [0.15, 0.2) is 48.2 Å². The Hall–Kier alpha value is -2.82. The number of aromatic nitrogens is 1. The number of benzene rings is 1. The highest BCUT2D eigenvalue weighted by Gasteiger charge is 2.18. The maximum atomic E-state index is 12.3. The van der Waals surface area contributed by atoms with Crippen LogP contribution in [0.5, 0.6) is 11.5 Å². The van der Waals surface area contributed by atoms with E-state index >= 15 is 0 Å². The van der Waals surface area contributed by atoms with E-state index in [0.29, 0.717) is 18.0 Å². The molecule has 0 radical (unpaired) electrons. The van der Waals surface area contributed by atoms with Gasteiger partial charge < -0.3 is 14.8 Å². The summed E-state index contributed by atoms with van der Waals surface area (Å²) in [5.41, 5.74) is 1.38. The minimum Gasteiger partial charge on any atom is -0.494 e. The summed E-state index contributed by atoms with van der Waals surface area (Å²) >= 11 is 0. The van der Waals surface area contributed by atoms with Crippen molar-refractivity contribution in [3.8, 4) is 11.5 Å². The summed E-state index contributed by atoms with van der Waals surface area (Å²) in [7, 11) is 0. The van der Waals surface area contributed by atoms with Gasteiger partial charge in [-0.15, -0.1) is 0 Å². The number of nitrogens with one attached hydrogen (secondary N) is 1. The molecule has 0 atom stereocenters. The second-order valence-electron chi connectivity index (χ2n) is 4.76. The molecule has 5 heteroatoms. The summed E-state index contributed by atoms with van der Waals surface area (Å²) in [6, 6.07) is 10.9. The molecule has 0 saturated heterocycles. The number of carbonyl (C=O) groups excluding carboxylic acids is 1. The van der Waals surface area contributed by atoms with E-state index in [9.17, 15) is 4.79 Å². The molecule has 1 aliphatic heterocycles. The second kappa shape index (κ2) is 6.30. The van der Waals surface area contributed by atoms with E-state index in [1.807, 2.05) is 37.3 Å². The van der Waals surface area contributed by atoms with Crippen molar-refractivity contribution in [3.63, 3.8) is 0 Å². The molecule has 1 aromatic heterocycles. The molecule has 2 heterocycles. The Bertz CT molecular complexity index is 711. The molecule has 5 nitrogen and oxygen atoms in total. The number of hydrogen-bond acceptors (Lipinski definition) is 4. The van der Waals surface area contributed by atoms with Gasteiger partial charge in [-0.05, 0) is 43.3 Å². The molecule has 1 aromatic carbocycles. The lowest BCUT2D eigenvalue weighted by Gasteiger charge is -2.18. The van der Waals surface area contributed by atoms with Crippen LogP contribution in [0.4, 0.5) is 5.82 Å². The zero-order chi connectivity index (χ0) is 15.4. The van der Waals surface area contributed by atoms with Crippen molar-refractivity contribution in [2.45, 2.75) is 6.92 Å². The Morgan fingerprint density at radius 2 is 2.27 bits per heavy atom. The van der Waals surface area contributed by atoms with E-state index in [0.717, 1.165) is 17.1 Å². The lowest BCUT2D eigenvalue weighted by Crippen LogP contribution is -2.21. The van der Waals surface area contributed by atoms with Crippen molar-refractivity contribution in [3.05, 3.63) is 53.7 Å². The van der Waals surface area contributed by atoms with Gasteiger partial charge in [0.15, 0.2) is 0 Å². The summed E-state index contributed by atoms with van der Waals surface area (Å²) in [4.78, 5) is 16.3. The predicted molar refractivity (Wildman–Crippen MR) is 83.9 cm³/mol. The third-order valence-corrected chi connectivity index (χ3v) is 3.20. The number of ether oxygens (including phenoxy) is 2. The van der Waals surface area contributed by atoms with E-state index < -0.39 is 0 Å². The van der Waals surface area contributed by atoms with Gasteiger partial charge in [0.25, 0.3) is 5.91 Å². The first-order chi connectivity index (χ1) is 10.8. The maximum Gasteiger partial charge on any atom is 0.256 e. The number of pyridine rings is 1. The minimum absolute atomic E-state index is 0.217. The lowest BCUT2D eigenvalue weighted by atomic mass is 10.1. The Labute approximate surface area is 128 Å². The Balaban J connectivity index is 1.80. The standard InChI is InChI=1S/C17H16N2O3/c1-2-21-14-6-7-15-12(10-14)9-13(11-22-15)17(20)19-16-5-3-4-8-18-16/h3-10H,2,11H2,1H3,(H,18,19,20).